The minimum absolute atomic E-state index is 0.832. The summed E-state index contributed by atoms with van der Waals surface area (Å²) in [7, 11) is 5.92. The number of hydrogen-bond donors (Lipinski definition) is 2. The molecule has 2 aromatic carbocycles. The van der Waals surface area contributed by atoms with Gasteiger partial charge in [-0.1, -0.05) is 24.3 Å². The summed E-state index contributed by atoms with van der Waals surface area (Å²) in [5, 5.41) is 11.0. The Kier molecular flexibility index (Phi) is 7.28. The van der Waals surface area contributed by atoms with E-state index in [4.69, 9.17) is 0 Å². The summed E-state index contributed by atoms with van der Waals surface area (Å²) in [5.41, 5.74) is 4.89. The minimum Gasteiger partial charge on any atom is -0.378 e. The van der Waals surface area contributed by atoms with Gasteiger partial charge in [0.15, 0.2) is 5.96 Å². The van der Waals surface area contributed by atoms with E-state index in [9.17, 15) is 0 Å². The average molecular weight is 391 g/mol. The highest BCUT2D eigenvalue weighted by Gasteiger charge is 2.01. The van der Waals surface area contributed by atoms with Crippen LogP contribution in [0.4, 0.5) is 5.69 Å². The lowest BCUT2D eigenvalue weighted by molar-refractivity contribution is 0.784. The number of hydrogen-bond acceptors (Lipinski definition) is 3. The van der Waals surface area contributed by atoms with E-state index < -0.39 is 0 Å². The Morgan fingerprint density at radius 3 is 2.00 bits per heavy atom. The maximum Gasteiger partial charge on any atom is 0.190 e. The molecule has 0 spiro atoms. The van der Waals surface area contributed by atoms with Crippen molar-refractivity contribution < 1.29 is 0 Å². The highest BCUT2D eigenvalue weighted by Crippen LogP contribution is 2.12. The van der Waals surface area contributed by atoms with Gasteiger partial charge in [-0.15, -0.1) is 0 Å². The van der Waals surface area contributed by atoms with Gasteiger partial charge in [0.05, 0.1) is 5.69 Å². The minimum atomic E-state index is 0.832. The van der Waals surface area contributed by atoms with Crippen molar-refractivity contribution >= 4 is 11.6 Å². The van der Waals surface area contributed by atoms with Gasteiger partial charge in [0, 0.05) is 52.3 Å². The molecule has 0 saturated carbocycles. The Morgan fingerprint density at radius 2 is 1.52 bits per heavy atom. The molecule has 29 heavy (non-hydrogen) atoms. The van der Waals surface area contributed by atoms with Gasteiger partial charge < -0.3 is 15.5 Å². The van der Waals surface area contributed by atoms with Crippen molar-refractivity contribution in [3.8, 4) is 5.69 Å². The van der Waals surface area contributed by atoms with Crippen LogP contribution in [0.2, 0.25) is 0 Å². The zero-order chi connectivity index (χ0) is 20.5. The van der Waals surface area contributed by atoms with Gasteiger partial charge in [0.25, 0.3) is 0 Å². The van der Waals surface area contributed by atoms with Crippen molar-refractivity contribution in [2.45, 2.75) is 12.8 Å². The zero-order valence-electron chi connectivity index (χ0n) is 17.5. The smallest absolute Gasteiger partial charge is 0.190 e. The highest BCUT2D eigenvalue weighted by molar-refractivity contribution is 5.79. The molecule has 0 radical (unpaired) electrons. The van der Waals surface area contributed by atoms with Crippen LogP contribution in [0.15, 0.2) is 72.0 Å². The maximum absolute atomic E-state index is 4.31. The second-order valence-corrected chi connectivity index (χ2v) is 7.10. The number of aromatic nitrogens is 2. The van der Waals surface area contributed by atoms with E-state index in [1.165, 1.54) is 16.8 Å². The third-order valence-electron chi connectivity index (χ3n) is 4.79. The molecule has 1 heterocycles. The first-order valence-electron chi connectivity index (χ1n) is 9.95. The lowest BCUT2D eigenvalue weighted by Gasteiger charge is -2.14. The van der Waals surface area contributed by atoms with E-state index in [1.807, 2.05) is 16.9 Å². The second-order valence-electron chi connectivity index (χ2n) is 7.10. The maximum atomic E-state index is 4.31. The number of benzene rings is 2. The first-order valence-corrected chi connectivity index (χ1v) is 9.95. The molecule has 3 aromatic rings. The van der Waals surface area contributed by atoms with Gasteiger partial charge >= 0.3 is 0 Å². The number of aliphatic imine (C=N–C) groups is 1. The summed E-state index contributed by atoms with van der Waals surface area (Å²) in [6.07, 6.45) is 5.63. The van der Waals surface area contributed by atoms with E-state index in [0.717, 1.165) is 37.6 Å². The Hall–Kier alpha value is -3.28. The first-order chi connectivity index (χ1) is 14.2. The van der Waals surface area contributed by atoms with Crippen molar-refractivity contribution in [2.75, 3.05) is 39.1 Å². The molecular formula is C23H30N6. The Balaban J connectivity index is 1.39. The lowest BCUT2D eigenvalue weighted by atomic mass is 10.1. The van der Waals surface area contributed by atoms with Crippen molar-refractivity contribution in [1.29, 1.82) is 0 Å². The summed E-state index contributed by atoms with van der Waals surface area (Å²) < 4.78 is 1.86. The summed E-state index contributed by atoms with van der Waals surface area (Å²) in [4.78, 5) is 6.42. The second kappa shape index (κ2) is 10.3. The van der Waals surface area contributed by atoms with Crippen molar-refractivity contribution in [3.63, 3.8) is 0 Å². The Morgan fingerprint density at radius 1 is 0.931 bits per heavy atom. The van der Waals surface area contributed by atoms with Gasteiger partial charge in [0.1, 0.15) is 0 Å². The third kappa shape index (κ3) is 6.10. The number of nitrogens with one attached hydrogen (secondary N) is 2. The van der Waals surface area contributed by atoms with Crippen LogP contribution in [-0.4, -0.2) is 50.0 Å². The fourth-order valence-electron chi connectivity index (χ4n) is 3.07. The predicted octanol–water partition coefficient (Wildman–Crippen LogP) is 2.89. The molecule has 6 nitrogen and oxygen atoms in total. The van der Waals surface area contributed by atoms with E-state index >= 15 is 0 Å². The molecule has 0 fully saturated rings. The van der Waals surface area contributed by atoms with Crippen LogP contribution in [0.3, 0.4) is 0 Å². The van der Waals surface area contributed by atoms with E-state index in [2.05, 4.69) is 88.3 Å². The number of anilines is 1. The largest absolute Gasteiger partial charge is 0.378 e. The normalized spacial score (nSPS) is 11.3. The van der Waals surface area contributed by atoms with Crippen molar-refractivity contribution in [3.05, 3.63) is 78.1 Å². The Labute approximate surface area is 173 Å². The molecule has 0 amide bonds. The van der Waals surface area contributed by atoms with E-state index in [-0.39, 0.29) is 0 Å². The molecular weight excluding hydrogens is 360 g/mol. The molecule has 1 aromatic heterocycles. The molecule has 0 bridgehead atoms. The standard InChI is InChI=1S/C23H30N6/c1-24-23(25-16-13-19-5-9-21(10-6-19)28(2)3)26-17-14-20-7-11-22(12-8-20)29-18-4-15-27-29/h4-12,15,18H,13-14,16-17H2,1-3H3,(H2,24,25,26). The number of nitrogens with zero attached hydrogens (tertiary/aromatic N) is 4. The molecule has 0 saturated heterocycles. The number of guanidine groups is 1. The molecule has 2 N–H and O–H groups in total. The summed E-state index contributed by atoms with van der Waals surface area (Å²) >= 11 is 0. The summed E-state index contributed by atoms with van der Waals surface area (Å²) in [6, 6.07) is 19.1. The summed E-state index contributed by atoms with van der Waals surface area (Å²) in [6.45, 7) is 1.68. The lowest BCUT2D eigenvalue weighted by Crippen LogP contribution is -2.39. The van der Waals surface area contributed by atoms with Crippen molar-refractivity contribution in [1.82, 2.24) is 20.4 Å². The number of rotatable bonds is 8. The van der Waals surface area contributed by atoms with Crippen molar-refractivity contribution in [2.24, 2.45) is 4.99 Å². The molecule has 0 unspecified atom stereocenters. The van der Waals surface area contributed by atoms with Gasteiger partial charge in [-0.25, -0.2) is 4.68 Å². The predicted molar refractivity (Wildman–Crippen MR) is 121 cm³/mol. The first kappa shape index (κ1) is 20.5. The van der Waals surface area contributed by atoms with Crippen LogP contribution in [0.1, 0.15) is 11.1 Å². The molecule has 0 aliphatic heterocycles. The molecule has 0 aliphatic rings. The molecule has 0 atom stereocenters. The van der Waals surface area contributed by atoms with Crippen LogP contribution in [0.25, 0.3) is 5.69 Å². The van der Waals surface area contributed by atoms with Gasteiger partial charge in [-0.3, -0.25) is 4.99 Å². The monoisotopic (exact) mass is 390 g/mol. The average Bonchev–Trinajstić information content (AvgIpc) is 3.28. The van der Waals surface area contributed by atoms with Gasteiger partial charge in [-0.2, -0.15) is 5.10 Å². The fraction of sp³-hybridized carbons (Fsp3) is 0.304. The van der Waals surface area contributed by atoms with Crippen LogP contribution in [0.5, 0.6) is 0 Å². The summed E-state index contributed by atoms with van der Waals surface area (Å²) in [5.74, 6) is 0.836. The van der Waals surface area contributed by atoms with E-state index in [1.54, 1.807) is 13.2 Å². The van der Waals surface area contributed by atoms with Crippen LogP contribution in [0, 0.1) is 0 Å². The molecule has 3 rings (SSSR count). The SMILES string of the molecule is CN=C(NCCc1ccc(N(C)C)cc1)NCCc1ccc(-n2cccn2)cc1. The third-order valence-corrected chi connectivity index (χ3v) is 4.79. The van der Waals surface area contributed by atoms with Crippen LogP contribution in [-0.2, 0) is 12.8 Å². The van der Waals surface area contributed by atoms with Gasteiger partial charge in [0.2, 0.25) is 0 Å². The van der Waals surface area contributed by atoms with E-state index in [0.29, 0.717) is 0 Å². The topological polar surface area (TPSA) is 57.5 Å². The highest BCUT2D eigenvalue weighted by atomic mass is 15.3. The van der Waals surface area contributed by atoms with Crippen LogP contribution >= 0.6 is 0 Å². The van der Waals surface area contributed by atoms with Gasteiger partial charge in [-0.05, 0) is 54.3 Å². The van der Waals surface area contributed by atoms with Crippen LogP contribution < -0.4 is 15.5 Å². The zero-order valence-corrected chi connectivity index (χ0v) is 17.5. The fourth-order valence-corrected chi connectivity index (χ4v) is 3.07. The molecule has 0 aliphatic carbocycles. The Bertz CT molecular complexity index is 880. The molecule has 6 heteroatoms. The molecule has 152 valence electrons. The quantitative estimate of drug-likeness (QED) is 0.459.